The third-order valence-corrected chi connectivity index (χ3v) is 4.47. The van der Waals surface area contributed by atoms with Crippen molar-refractivity contribution in [2.24, 2.45) is 0 Å². The van der Waals surface area contributed by atoms with Gasteiger partial charge in [0, 0.05) is 12.7 Å². The highest BCUT2D eigenvalue weighted by atomic mass is 32.2. The minimum absolute atomic E-state index is 0.0502. The first-order valence-corrected chi connectivity index (χ1v) is 7.67. The zero-order valence-corrected chi connectivity index (χ0v) is 12.3. The van der Waals surface area contributed by atoms with Crippen LogP contribution in [0, 0.1) is 0 Å². The molecule has 0 spiro atoms. The largest absolute Gasteiger partial charge is 0.493 e. The quantitative estimate of drug-likeness (QED) is 0.787. The summed E-state index contributed by atoms with van der Waals surface area (Å²) in [5, 5.41) is -0.999. The number of Topliss-reactive ketones (excluding diaryl/α,β-unsaturated/α-hetero) is 1. The van der Waals surface area contributed by atoms with Crippen molar-refractivity contribution in [2.75, 3.05) is 20.5 Å². The second kappa shape index (κ2) is 6.06. The summed E-state index contributed by atoms with van der Waals surface area (Å²) in [7, 11) is -0.331. The first kappa shape index (κ1) is 15.5. The van der Waals surface area contributed by atoms with Gasteiger partial charge in [-0.25, -0.2) is 8.42 Å². The Bertz CT molecular complexity index is 562. The second-order valence-electron chi connectivity index (χ2n) is 4.30. The summed E-state index contributed by atoms with van der Waals surface area (Å²) < 4.78 is 32.9. The monoisotopic (exact) mass is 286 g/mol. The summed E-state index contributed by atoms with van der Waals surface area (Å²) in [6.07, 6.45) is 1.11. The molecule has 0 amide bonds. The standard InChI is InChI=1S/C13H18O5S/c1-9(19(4,15)16)11(14)7-10-5-6-12(17-2)13(8-10)18-3/h5-6,8-9H,7H2,1-4H3. The highest BCUT2D eigenvalue weighted by Crippen LogP contribution is 2.27. The summed E-state index contributed by atoms with van der Waals surface area (Å²) in [5.74, 6) is 0.740. The van der Waals surface area contributed by atoms with Gasteiger partial charge in [-0.2, -0.15) is 0 Å². The first-order valence-electron chi connectivity index (χ1n) is 5.72. The number of hydrogen-bond acceptors (Lipinski definition) is 5. The molecule has 0 bridgehead atoms. The van der Waals surface area contributed by atoms with Gasteiger partial charge in [-0.05, 0) is 24.6 Å². The van der Waals surface area contributed by atoms with E-state index in [-0.39, 0.29) is 12.2 Å². The van der Waals surface area contributed by atoms with Crippen LogP contribution >= 0.6 is 0 Å². The molecule has 0 saturated carbocycles. The van der Waals surface area contributed by atoms with Crippen LogP contribution in [0.2, 0.25) is 0 Å². The van der Waals surface area contributed by atoms with E-state index < -0.39 is 15.1 Å². The normalized spacial score (nSPS) is 12.8. The predicted octanol–water partition coefficient (Wildman–Crippen LogP) is 1.25. The van der Waals surface area contributed by atoms with Crippen molar-refractivity contribution in [3.8, 4) is 11.5 Å². The van der Waals surface area contributed by atoms with Gasteiger partial charge < -0.3 is 9.47 Å². The molecule has 106 valence electrons. The molecule has 19 heavy (non-hydrogen) atoms. The van der Waals surface area contributed by atoms with Crippen molar-refractivity contribution in [3.63, 3.8) is 0 Å². The molecule has 0 aliphatic carbocycles. The molecule has 0 aliphatic rings. The van der Waals surface area contributed by atoms with Gasteiger partial charge in [0.2, 0.25) is 0 Å². The van der Waals surface area contributed by atoms with E-state index in [1.54, 1.807) is 18.2 Å². The van der Waals surface area contributed by atoms with Gasteiger partial charge in [-0.1, -0.05) is 6.07 Å². The van der Waals surface area contributed by atoms with E-state index in [0.717, 1.165) is 6.26 Å². The van der Waals surface area contributed by atoms with Gasteiger partial charge >= 0.3 is 0 Å². The fourth-order valence-electron chi connectivity index (χ4n) is 1.57. The number of rotatable bonds is 6. The lowest BCUT2D eigenvalue weighted by atomic mass is 10.1. The Balaban J connectivity index is 2.92. The van der Waals surface area contributed by atoms with Crippen molar-refractivity contribution >= 4 is 15.6 Å². The Morgan fingerprint density at radius 3 is 2.26 bits per heavy atom. The van der Waals surface area contributed by atoms with Crippen LogP contribution in [0.3, 0.4) is 0 Å². The highest BCUT2D eigenvalue weighted by Gasteiger charge is 2.23. The molecule has 1 aromatic carbocycles. The third kappa shape index (κ3) is 3.96. The van der Waals surface area contributed by atoms with Gasteiger partial charge in [0.15, 0.2) is 27.1 Å². The maximum atomic E-state index is 11.9. The van der Waals surface area contributed by atoms with Crippen LogP contribution in [0.1, 0.15) is 12.5 Å². The van der Waals surface area contributed by atoms with Crippen molar-refractivity contribution in [2.45, 2.75) is 18.6 Å². The van der Waals surface area contributed by atoms with E-state index in [2.05, 4.69) is 0 Å². The Hall–Kier alpha value is -1.56. The molecule has 0 radical (unpaired) electrons. The van der Waals surface area contributed by atoms with Crippen LogP contribution in [0.15, 0.2) is 18.2 Å². The van der Waals surface area contributed by atoms with Gasteiger partial charge in [0.25, 0.3) is 0 Å². The molecule has 0 saturated heterocycles. The predicted molar refractivity (Wildman–Crippen MR) is 72.6 cm³/mol. The van der Waals surface area contributed by atoms with Gasteiger partial charge in [-0.15, -0.1) is 0 Å². The third-order valence-electron chi connectivity index (χ3n) is 2.92. The number of methoxy groups -OCH3 is 2. The Morgan fingerprint density at radius 2 is 1.79 bits per heavy atom. The fourth-order valence-corrected chi connectivity index (χ4v) is 2.14. The molecule has 1 aromatic rings. The average Bonchev–Trinajstić information content (AvgIpc) is 2.36. The molecule has 1 rings (SSSR count). The van der Waals surface area contributed by atoms with Gasteiger partial charge in [-0.3, -0.25) is 4.79 Å². The molecule has 1 atom stereocenters. The average molecular weight is 286 g/mol. The Kier molecular flexibility index (Phi) is 4.94. The summed E-state index contributed by atoms with van der Waals surface area (Å²) in [5.41, 5.74) is 0.693. The fraction of sp³-hybridized carbons (Fsp3) is 0.462. The highest BCUT2D eigenvalue weighted by molar-refractivity contribution is 7.92. The number of benzene rings is 1. The Morgan fingerprint density at radius 1 is 1.21 bits per heavy atom. The number of sulfone groups is 1. The lowest BCUT2D eigenvalue weighted by molar-refractivity contribution is -0.117. The van der Waals surface area contributed by atoms with E-state index in [1.807, 2.05) is 0 Å². The number of ether oxygens (including phenoxy) is 2. The van der Waals surface area contributed by atoms with Crippen LogP contribution in [-0.2, 0) is 21.1 Å². The summed E-state index contributed by atoms with van der Waals surface area (Å²) >= 11 is 0. The molecule has 5 nitrogen and oxygen atoms in total. The number of carbonyl (C=O) groups is 1. The smallest absolute Gasteiger partial charge is 0.161 e. The van der Waals surface area contributed by atoms with Crippen molar-refractivity contribution < 1.29 is 22.7 Å². The van der Waals surface area contributed by atoms with Crippen LogP contribution in [-0.4, -0.2) is 39.9 Å². The number of carbonyl (C=O) groups excluding carboxylic acids is 1. The molecule has 0 N–H and O–H groups in total. The number of hydrogen-bond donors (Lipinski definition) is 0. The maximum Gasteiger partial charge on any atom is 0.161 e. The van der Waals surface area contributed by atoms with Crippen molar-refractivity contribution in [1.29, 1.82) is 0 Å². The lowest BCUT2D eigenvalue weighted by Gasteiger charge is -2.11. The van der Waals surface area contributed by atoms with E-state index in [1.165, 1.54) is 21.1 Å². The number of ketones is 1. The summed E-state index contributed by atoms with van der Waals surface area (Å²) in [6, 6.07) is 5.08. The van der Waals surface area contributed by atoms with Crippen LogP contribution in [0.4, 0.5) is 0 Å². The second-order valence-corrected chi connectivity index (χ2v) is 6.67. The van der Waals surface area contributed by atoms with Crippen molar-refractivity contribution in [3.05, 3.63) is 23.8 Å². The summed E-state index contributed by atoms with van der Waals surface area (Å²) in [4.78, 5) is 11.9. The first-order chi connectivity index (χ1) is 8.79. The van der Waals surface area contributed by atoms with E-state index in [9.17, 15) is 13.2 Å². The molecule has 0 aliphatic heterocycles. The molecule has 0 aromatic heterocycles. The van der Waals surface area contributed by atoms with E-state index >= 15 is 0 Å². The lowest BCUT2D eigenvalue weighted by Crippen LogP contribution is -2.27. The maximum absolute atomic E-state index is 11.9. The topological polar surface area (TPSA) is 69.7 Å². The van der Waals surface area contributed by atoms with E-state index in [4.69, 9.17) is 9.47 Å². The summed E-state index contributed by atoms with van der Waals surface area (Å²) in [6.45, 7) is 1.40. The van der Waals surface area contributed by atoms with Crippen LogP contribution in [0.25, 0.3) is 0 Å². The zero-order chi connectivity index (χ0) is 14.6. The SMILES string of the molecule is COc1ccc(CC(=O)C(C)S(C)(=O)=O)cc1OC. The molecule has 0 heterocycles. The van der Waals surface area contributed by atoms with Gasteiger partial charge in [0.1, 0.15) is 5.25 Å². The van der Waals surface area contributed by atoms with Gasteiger partial charge in [0.05, 0.1) is 14.2 Å². The Labute approximate surface area is 113 Å². The molecular formula is C13H18O5S. The minimum Gasteiger partial charge on any atom is -0.493 e. The van der Waals surface area contributed by atoms with Crippen molar-refractivity contribution in [1.82, 2.24) is 0 Å². The minimum atomic E-state index is -3.36. The molecule has 1 unspecified atom stereocenters. The van der Waals surface area contributed by atoms with Crippen LogP contribution in [0.5, 0.6) is 11.5 Å². The molecule has 6 heteroatoms. The molecule has 0 fully saturated rings. The zero-order valence-electron chi connectivity index (χ0n) is 11.5. The van der Waals surface area contributed by atoms with Crippen LogP contribution < -0.4 is 9.47 Å². The van der Waals surface area contributed by atoms with E-state index in [0.29, 0.717) is 17.1 Å². The molecular weight excluding hydrogens is 268 g/mol.